The number of benzene rings is 1. The maximum Gasteiger partial charge on any atom is 0.226 e. The van der Waals surface area contributed by atoms with Crippen LogP contribution in [0.4, 0.5) is 5.95 Å². The van der Waals surface area contributed by atoms with Gasteiger partial charge < -0.3 is 19.7 Å². The monoisotopic (exact) mass is 330 g/mol. The molecular formula is C18H26N4O2. The molecule has 1 fully saturated rings. The van der Waals surface area contributed by atoms with Crippen LogP contribution < -0.4 is 15.0 Å². The van der Waals surface area contributed by atoms with Crippen LogP contribution in [-0.2, 0) is 4.74 Å². The van der Waals surface area contributed by atoms with Gasteiger partial charge in [-0.2, -0.15) is 0 Å². The predicted molar refractivity (Wildman–Crippen MR) is 95.9 cm³/mol. The van der Waals surface area contributed by atoms with E-state index in [9.17, 15) is 0 Å². The van der Waals surface area contributed by atoms with Gasteiger partial charge in [0.15, 0.2) is 0 Å². The van der Waals surface area contributed by atoms with E-state index in [0.29, 0.717) is 6.04 Å². The Morgan fingerprint density at radius 1 is 1.21 bits per heavy atom. The number of piperidine rings is 1. The van der Waals surface area contributed by atoms with Crippen molar-refractivity contribution < 1.29 is 9.47 Å². The second-order valence-electron chi connectivity index (χ2n) is 6.20. The van der Waals surface area contributed by atoms with Crippen LogP contribution >= 0.6 is 0 Å². The van der Waals surface area contributed by atoms with Gasteiger partial charge in [-0.15, -0.1) is 0 Å². The molecule has 130 valence electrons. The van der Waals surface area contributed by atoms with E-state index in [2.05, 4.69) is 10.2 Å². The van der Waals surface area contributed by atoms with Gasteiger partial charge in [0.1, 0.15) is 5.75 Å². The molecule has 0 saturated carbocycles. The number of ether oxygens (including phenoxy) is 2. The molecule has 6 nitrogen and oxygen atoms in total. The molecule has 3 rings (SSSR count). The summed E-state index contributed by atoms with van der Waals surface area (Å²) in [4.78, 5) is 11.8. The van der Waals surface area contributed by atoms with Gasteiger partial charge in [0.25, 0.3) is 0 Å². The number of hydrogen-bond acceptors (Lipinski definition) is 6. The van der Waals surface area contributed by atoms with Crippen molar-refractivity contribution in [3.8, 4) is 5.75 Å². The second-order valence-corrected chi connectivity index (χ2v) is 6.20. The summed E-state index contributed by atoms with van der Waals surface area (Å²) in [6, 6.07) is 6.51. The first-order valence-corrected chi connectivity index (χ1v) is 8.51. The van der Waals surface area contributed by atoms with Gasteiger partial charge in [-0.3, -0.25) is 0 Å². The molecule has 1 aliphatic heterocycles. The minimum absolute atomic E-state index is 0.554. The van der Waals surface area contributed by atoms with Crippen molar-refractivity contribution in [1.29, 1.82) is 0 Å². The van der Waals surface area contributed by atoms with E-state index in [4.69, 9.17) is 19.4 Å². The second kappa shape index (κ2) is 7.77. The van der Waals surface area contributed by atoms with E-state index in [1.54, 1.807) is 14.2 Å². The molecule has 1 N–H and O–H groups in total. The molecule has 2 aromatic rings. The first-order valence-electron chi connectivity index (χ1n) is 8.51. The third-order valence-corrected chi connectivity index (χ3v) is 4.60. The zero-order valence-corrected chi connectivity index (χ0v) is 14.7. The predicted octanol–water partition coefficient (Wildman–Crippen LogP) is 2.15. The van der Waals surface area contributed by atoms with Crippen molar-refractivity contribution in [3.05, 3.63) is 23.9 Å². The first-order chi connectivity index (χ1) is 11.7. The molecule has 0 amide bonds. The number of nitrogens with one attached hydrogen (secondary N) is 1. The molecule has 0 unspecified atom stereocenters. The fraction of sp³-hybridized carbons (Fsp3) is 0.556. The highest BCUT2D eigenvalue weighted by molar-refractivity contribution is 5.83. The lowest BCUT2D eigenvalue weighted by Crippen LogP contribution is -2.44. The Bertz CT molecular complexity index is 684. The van der Waals surface area contributed by atoms with Gasteiger partial charge in [0.2, 0.25) is 5.95 Å². The van der Waals surface area contributed by atoms with Crippen LogP contribution in [0.2, 0.25) is 0 Å². The molecule has 24 heavy (non-hydrogen) atoms. The minimum atomic E-state index is 0.554. The average molecular weight is 330 g/mol. The Hall–Kier alpha value is -1.92. The van der Waals surface area contributed by atoms with Crippen LogP contribution in [0.1, 0.15) is 18.5 Å². The number of methoxy groups -OCH3 is 2. The molecule has 2 heterocycles. The number of hydrogen-bond donors (Lipinski definition) is 1. The Kier molecular flexibility index (Phi) is 5.48. The summed E-state index contributed by atoms with van der Waals surface area (Å²) in [5, 5.41) is 4.62. The highest BCUT2D eigenvalue weighted by atomic mass is 16.5. The molecule has 6 heteroatoms. The van der Waals surface area contributed by atoms with Crippen molar-refractivity contribution in [2.45, 2.75) is 25.8 Å². The van der Waals surface area contributed by atoms with Crippen molar-refractivity contribution >= 4 is 16.9 Å². The normalized spacial score (nSPS) is 15.9. The summed E-state index contributed by atoms with van der Waals surface area (Å²) in [6.07, 6.45) is 2.20. The molecule has 0 aliphatic carbocycles. The van der Waals surface area contributed by atoms with Crippen LogP contribution in [0.3, 0.4) is 0 Å². The van der Waals surface area contributed by atoms with Gasteiger partial charge >= 0.3 is 0 Å². The van der Waals surface area contributed by atoms with E-state index in [1.807, 2.05) is 25.1 Å². The van der Waals surface area contributed by atoms with Crippen LogP contribution in [0, 0.1) is 6.92 Å². The van der Waals surface area contributed by atoms with Crippen molar-refractivity contribution in [2.24, 2.45) is 0 Å². The summed E-state index contributed by atoms with van der Waals surface area (Å²) in [5.41, 5.74) is 1.95. The maximum atomic E-state index is 5.32. The van der Waals surface area contributed by atoms with E-state index < -0.39 is 0 Å². The zero-order chi connectivity index (χ0) is 16.9. The standard InChI is InChI=1S/C18H26N4O2/c1-13-16-5-4-15(24-3)12-17(16)21-18(20-13)22-9-6-14(7-10-22)19-8-11-23-2/h4-5,12,14,19H,6-11H2,1-3H3. The zero-order valence-electron chi connectivity index (χ0n) is 14.7. The number of fused-ring (bicyclic) bond motifs is 1. The van der Waals surface area contributed by atoms with Crippen LogP contribution in [0.15, 0.2) is 18.2 Å². The van der Waals surface area contributed by atoms with Crippen molar-refractivity contribution in [3.63, 3.8) is 0 Å². The maximum absolute atomic E-state index is 5.32. The Balaban J connectivity index is 1.71. The smallest absolute Gasteiger partial charge is 0.226 e. The average Bonchev–Trinajstić information content (AvgIpc) is 2.62. The Labute approximate surface area is 143 Å². The Morgan fingerprint density at radius 3 is 2.71 bits per heavy atom. The number of aryl methyl sites for hydroxylation is 1. The molecular weight excluding hydrogens is 304 g/mol. The summed E-state index contributed by atoms with van der Waals surface area (Å²) in [7, 11) is 3.41. The quantitative estimate of drug-likeness (QED) is 0.819. The van der Waals surface area contributed by atoms with Gasteiger partial charge in [0, 0.05) is 44.2 Å². The number of anilines is 1. The molecule has 1 aromatic carbocycles. The fourth-order valence-electron chi connectivity index (χ4n) is 3.17. The van der Waals surface area contributed by atoms with Crippen LogP contribution in [-0.4, -0.2) is 56.5 Å². The summed E-state index contributed by atoms with van der Waals surface area (Å²) >= 11 is 0. The number of rotatable bonds is 6. The van der Waals surface area contributed by atoms with E-state index in [1.165, 1.54) is 0 Å². The van der Waals surface area contributed by atoms with Crippen LogP contribution in [0.5, 0.6) is 5.75 Å². The molecule has 1 aromatic heterocycles. The molecule has 0 radical (unpaired) electrons. The SMILES string of the molecule is COCCNC1CCN(c2nc(C)c3ccc(OC)cc3n2)CC1. The van der Waals surface area contributed by atoms with Crippen molar-refractivity contribution in [1.82, 2.24) is 15.3 Å². The summed E-state index contributed by atoms with van der Waals surface area (Å²) in [5.74, 6) is 1.65. The molecule has 1 aliphatic rings. The van der Waals surface area contributed by atoms with Crippen LogP contribution in [0.25, 0.3) is 10.9 Å². The topological polar surface area (TPSA) is 59.5 Å². The van der Waals surface area contributed by atoms with E-state index in [-0.39, 0.29) is 0 Å². The Morgan fingerprint density at radius 2 is 2.00 bits per heavy atom. The van der Waals surface area contributed by atoms with Gasteiger partial charge in [-0.05, 0) is 31.9 Å². The molecule has 0 atom stereocenters. The molecule has 1 saturated heterocycles. The molecule has 0 bridgehead atoms. The minimum Gasteiger partial charge on any atom is -0.497 e. The van der Waals surface area contributed by atoms with Gasteiger partial charge in [-0.1, -0.05) is 0 Å². The third kappa shape index (κ3) is 3.76. The summed E-state index contributed by atoms with van der Waals surface area (Å²) < 4.78 is 10.4. The number of nitrogens with zero attached hydrogens (tertiary/aromatic N) is 3. The van der Waals surface area contributed by atoms with E-state index in [0.717, 1.165) is 67.4 Å². The number of aromatic nitrogens is 2. The van der Waals surface area contributed by atoms with Crippen molar-refractivity contribution in [2.75, 3.05) is 45.4 Å². The largest absolute Gasteiger partial charge is 0.497 e. The molecule has 0 spiro atoms. The first kappa shape index (κ1) is 16.9. The lowest BCUT2D eigenvalue weighted by atomic mass is 10.1. The highest BCUT2D eigenvalue weighted by Crippen LogP contribution is 2.25. The summed E-state index contributed by atoms with van der Waals surface area (Å²) in [6.45, 7) is 5.65. The van der Waals surface area contributed by atoms with Gasteiger partial charge in [0.05, 0.1) is 24.9 Å². The lowest BCUT2D eigenvalue weighted by molar-refractivity contribution is 0.193. The highest BCUT2D eigenvalue weighted by Gasteiger charge is 2.21. The van der Waals surface area contributed by atoms with E-state index >= 15 is 0 Å². The fourth-order valence-corrected chi connectivity index (χ4v) is 3.17. The lowest BCUT2D eigenvalue weighted by Gasteiger charge is -2.32. The third-order valence-electron chi connectivity index (χ3n) is 4.60. The van der Waals surface area contributed by atoms with Gasteiger partial charge in [-0.25, -0.2) is 9.97 Å².